The quantitative estimate of drug-likeness (QED) is 0.657. The molecule has 5 nitrogen and oxygen atoms in total. The van der Waals surface area contributed by atoms with Crippen LogP contribution in [0.4, 0.5) is 0 Å². The van der Waals surface area contributed by atoms with E-state index in [1.54, 1.807) is 0 Å². The van der Waals surface area contributed by atoms with Crippen molar-refractivity contribution in [2.45, 2.75) is 12.8 Å². The van der Waals surface area contributed by atoms with E-state index in [4.69, 9.17) is 5.26 Å². The Balaban J connectivity index is 2.48. The highest BCUT2D eigenvalue weighted by Crippen LogP contribution is 2.16. The van der Waals surface area contributed by atoms with Gasteiger partial charge in [0.25, 0.3) is 0 Å². The number of hydrogen-bond donors (Lipinski definition) is 0. The lowest BCUT2D eigenvalue weighted by molar-refractivity contribution is -0.129. The first-order valence-electron chi connectivity index (χ1n) is 4.77. The molecule has 0 N–H and O–H groups in total. The van der Waals surface area contributed by atoms with Crippen LogP contribution in [-0.2, 0) is 14.6 Å². The summed E-state index contributed by atoms with van der Waals surface area (Å²) in [7, 11) is -3.25. The largest absolute Gasteiger partial charge is 0.342 e. The Kier molecular flexibility index (Phi) is 3.69. The van der Waals surface area contributed by atoms with Gasteiger partial charge in [-0.25, -0.2) is 8.42 Å². The molecule has 0 aromatic carbocycles. The number of likely N-dealkylation sites (tertiary alicyclic amines) is 1. The summed E-state index contributed by atoms with van der Waals surface area (Å²) >= 11 is 0. The topological polar surface area (TPSA) is 78.2 Å². The first-order valence-corrected chi connectivity index (χ1v) is 6.83. The standard InChI is InChI=1S/C9H14N2O3S/c1-15(13,14)7-9(12)11-4-2-8(6-10)3-5-11/h8H,2-5,7H2,1H3. The van der Waals surface area contributed by atoms with Gasteiger partial charge in [0.15, 0.2) is 9.84 Å². The number of carbonyl (C=O) groups is 1. The van der Waals surface area contributed by atoms with Crippen LogP contribution in [0.5, 0.6) is 0 Å². The van der Waals surface area contributed by atoms with Crippen LogP contribution in [0.1, 0.15) is 12.8 Å². The molecule has 1 amide bonds. The van der Waals surface area contributed by atoms with Crippen LogP contribution < -0.4 is 0 Å². The summed E-state index contributed by atoms with van der Waals surface area (Å²) in [5.74, 6) is -0.773. The zero-order valence-corrected chi connectivity index (χ0v) is 9.46. The van der Waals surface area contributed by atoms with Crippen molar-refractivity contribution in [3.63, 3.8) is 0 Å². The molecule has 0 bridgehead atoms. The molecule has 0 spiro atoms. The summed E-state index contributed by atoms with van der Waals surface area (Å²) in [5.41, 5.74) is 0. The highest BCUT2D eigenvalue weighted by Gasteiger charge is 2.24. The van der Waals surface area contributed by atoms with Gasteiger partial charge < -0.3 is 4.90 Å². The van der Waals surface area contributed by atoms with Crippen LogP contribution in [-0.4, -0.2) is 44.3 Å². The van der Waals surface area contributed by atoms with Crippen LogP contribution in [0.15, 0.2) is 0 Å². The predicted octanol–water partition coefficient (Wildman–Crippen LogP) is -0.207. The number of rotatable bonds is 2. The minimum atomic E-state index is -3.25. The van der Waals surface area contributed by atoms with Gasteiger partial charge in [0.2, 0.25) is 5.91 Å². The Hall–Kier alpha value is -1.09. The molecular weight excluding hydrogens is 216 g/mol. The maximum atomic E-state index is 11.5. The Morgan fingerprint density at radius 2 is 2.00 bits per heavy atom. The lowest BCUT2D eigenvalue weighted by atomic mass is 9.99. The van der Waals surface area contributed by atoms with Crippen molar-refractivity contribution in [1.82, 2.24) is 4.90 Å². The normalized spacial score (nSPS) is 18.5. The number of sulfone groups is 1. The molecule has 84 valence electrons. The second-order valence-corrected chi connectivity index (χ2v) is 5.99. The minimum Gasteiger partial charge on any atom is -0.342 e. The molecule has 6 heteroatoms. The summed E-state index contributed by atoms with van der Waals surface area (Å²) in [5, 5.41) is 8.65. The first kappa shape index (κ1) is 12.0. The van der Waals surface area contributed by atoms with E-state index >= 15 is 0 Å². The van der Waals surface area contributed by atoms with Crippen molar-refractivity contribution >= 4 is 15.7 Å². The molecule has 0 unspecified atom stereocenters. The van der Waals surface area contributed by atoms with Gasteiger partial charge in [0.05, 0.1) is 6.07 Å². The molecule has 0 aliphatic carbocycles. The van der Waals surface area contributed by atoms with Crippen LogP contribution in [0.2, 0.25) is 0 Å². The Morgan fingerprint density at radius 3 is 2.40 bits per heavy atom. The van der Waals surface area contributed by atoms with Gasteiger partial charge in [-0.2, -0.15) is 5.26 Å². The number of amides is 1. The first-order chi connectivity index (χ1) is 6.92. The van der Waals surface area contributed by atoms with E-state index in [-0.39, 0.29) is 11.8 Å². The fraction of sp³-hybridized carbons (Fsp3) is 0.778. The third-order valence-electron chi connectivity index (χ3n) is 2.42. The molecular formula is C9H14N2O3S. The van der Waals surface area contributed by atoms with Crippen molar-refractivity contribution in [2.75, 3.05) is 25.1 Å². The molecule has 1 fully saturated rings. The Bertz CT molecular complexity index is 375. The lowest BCUT2D eigenvalue weighted by Crippen LogP contribution is -2.41. The average Bonchev–Trinajstić information content (AvgIpc) is 2.15. The van der Waals surface area contributed by atoms with Crippen LogP contribution in [0.3, 0.4) is 0 Å². The molecule has 1 aliphatic heterocycles. The molecule has 0 radical (unpaired) electrons. The van der Waals surface area contributed by atoms with E-state index in [0.29, 0.717) is 25.9 Å². The highest BCUT2D eigenvalue weighted by molar-refractivity contribution is 7.91. The average molecular weight is 230 g/mol. The third kappa shape index (κ3) is 3.88. The van der Waals surface area contributed by atoms with Gasteiger partial charge in [0, 0.05) is 25.3 Å². The molecule has 0 aromatic heterocycles. The molecule has 0 saturated carbocycles. The summed E-state index contributed by atoms with van der Waals surface area (Å²) in [4.78, 5) is 13.0. The molecule has 1 aliphatic rings. The van der Waals surface area contributed by atoms with Crippen LogP contribution >= 0.6 is 0 Å². The maximum absolute atomic E-state index is 11.5. The molecule has 1 heterocycles. The molecule has 0 aromatic rings. The number of nitriles is 1. The van der Waals surface area contributed by atoms with E-state index in [1.807, 2.05) is 0 Å². The fourth-order valence-electron chi connectivity index (χ4n) is 1.57. The summed E-state index contributed by atoms with van der Waals surface area (Å²) in [6.07, 6.45) is 2.34. The van der Waals surface area contributed by atoms with Gasteiger partial charge in [0.1, 0.15) is 5.75 Å². The molecule has 0 atom stereocenters. The number of carbonyl (C=O) groups excluding carboxylic acids is 1. The fourth-order valence-corrected chi connectivity index (χ4v) is 2.20. The molecule has 1 saturated heterocycles. The van der Waals surface area contributed by atoms with Gasteiger partial charge in [-0.1, -0.05) is 0 Å². The molecule has 15 heavy (non-hydrogen) atoms. The predicted molar refractivity (Wildman–Crippen MR) is 54.6 cm³/mol. The van der Waals surface area contributed by atoms with Gasteiger partial charge in [-0.05, 0) is 12.8 Å². The van der Waals surface area contributed by atoms with E-state index in [2.05, 4.69) is 6.07 Å². The van der Waals surface area contributed by atoms with E-state index in [9.17, 15) is 13.2 Å². The zero-order valence-electron chi connectivity index (χ0n) is 8.64. The van der Waals surface area contributed by atoms with Gasteiger partial charge in [-0.3, -0.25) is 4.79 Å². The Labute approximate surface area is 89.6 Å². The second kappa shape index (κ2) is 4.62. The number of hydrogen-bond acceptors (Lipinski definition) is 4. The maximum Gasteiger partial charge on any atom is 0.237 e. The van der Waals surface area contributed by atoms with Crippen LogP contribution in [0.25, 0.3) is 0 Å². The Morgan fingerprint density at radius 1 is 1.47 bits per heavy atom. The minimum absolute atomic E-state index is 0.00674. The van der Waals surface area contributed by atoms with E-state index < -0.39 is 15.6 Å². The van der Waals surface area contributed by atoms with Crippen LogP contribution in [0, 0.1) is 17.2 Å². The van der Waals surface area contributed by atoms with E-state index in [1.165, 1.54) is 4.90 Å². The SMILES string of the molecule is CS(=O)(=O)CC(=O)N1CCC(C#N)CC1. The number of nitrogens with zero attached hydrogens (tertiary/aromatic N) is 2. The smallest absolute Gasteiger partial charge is 0.237 e. The molecule has 1 rings (SSSR count). The summed E-state index contributed by atoms with van der Waals surface area (Å²) in [6.45, 7) is 0.985. The van der Waals surface area contributed by atoms with Crippen molar-refractivity contribution in [2.24, 2.45) is 5.92 Å². The summed E-state index contributed by atoms with van der Waals surface area (Å²) in [6, 6.07) is 2.16. The zero-order chi connectivity index (χ0) is 11.5. The van der Waals surface area contributed by atoms with Crippen molar-refractivity contribution in [3.8, 4) is 6.07 Å². The van der Waals surface area contributed by atoms with Crippen molar-refractivity contribution < 1.29 is 13.2 Å². The second-order valence-electron chi connectivity index (χ2n) is 3.85. The van der Waals surface area contributed by atoms with Gasteiger partial charge in [-0.15, -0.1) is 0 Å². The number of piperidine rings is 1. The monoisotopic (exact) mass is 230 g/mol. The van der Waals surface area contributed by atoms with Crippen molar-refractivity contribution in [1.29, 1.82) is 5.26 Å². The van der Waals surface area contributed by atoms with E-state index in [0.717, 1.165) is 6.26 Å². The lowest BCUT2D eigenvalue weighted by Gasteiger charge is -2.28. The van der Waals surface area contributed by atoms with Gasteiger partial charge >= 0.3 is 0 Å². The van der Waals surface area contributed by atoms with Crippen molar-refractivity contribution in [3.05, 3.63) is 0 Å². The highest BCUT2D eigenvalue weighted by atomic mass is 32.2. The third-order valence-corrected chi connectivity index (χ3v) is 3.19. The summed E-state index contributed by atoms with van der Waals surface area (Å²) < 4.78 is 21.8.